The van der Waals surface area contributed by atoms with Gasteiger partial charge in [0.05, 0.1) is 9.90 Å². The molecule has 2 aromatic rings. The number of halogens is 1. The second kappa shape index (κ2) is 5.90. The number of aryl methyl sites for hydroxylation is 1. The molecule has 0 aliphatic carbocycles. The van der Waals surface area contributed by atoms with Crippen molar-refractivity contribution in [2.24, 2.45) is 0 Å². The average molecular weight is 331 g/mol. The van der Waals surface area contributed by atoms with Crippen LogP contribution in [0.5, 0.6) is 0 Å². The van der Waals surface area contributed by atoms with Gasteiger partial charge in [0, 0.05) is 22.6 Å². The van der Waals surface area contributed by atoms with E-state index in [1.165, 1.54) is 23.5 Å². The molecule has 0 aliphatic rings. The van der Waals surface area contributed by atoms with Gasteiger partial charge in [0.2, 0.25) is 0 Å². The minimum atomic E-state index is -3.71. The zero-order chi connectivity index (χ0) is 14.8. The maximum absolute atomic E-state index is 11.8. The number of amides is 1. The molecule has 0 unspecified atom stereocenters. The molecular formula is C12H11ClN2O3S2. The molecule has 1 N–H and O–H groups in total. The number of hydrogen-bond acceptors (Lipinski definition) is 5. The summed E-state index contributed by atoms with van der Waals surface area (Å²) in [4.78, 5) is 15.9. The van der Waals surface area contributed by atoms with E-state index in [0.717, 1.165) is 10.6 Å². The first-order valence-corrected chi connectivity index (χ1v) is 8.79. The SMILES string of the molecule is Cc1nc(C(=O)NCc2ccc(S(=O)(=O)Cl)cc2)cs1. The molecule has 1 aromatic heterocycles. The number of carbonyl (C=O) groups excluding carboxylic acids is 1. The molecule has 20 heavy (non-hydrogen) atoms. The monoisotopic (exact) mass is 330 g/mol. The molecular weight excluding hydrogens is 320 g/mol. The van der Waals surface area contributed by atoms with Gasteiger partial charge in [-0.05, 0) is 24.6 Å². The van der Waals surface area contributed by atoms with E-state index in [0.29, 0.717) is 5.69 Å². The van der Waals surface area contributed by atoms with E-state index in [2.05, 4.69) is 10.3 Å². The second-order valence-corrected chi connectivity index (χ2v) is 7.64. The standard InChI is InChI=1S/C12H11ClN2O3S2/c1-8-15-11(7-19-8)12(16)14-6-9-2-4-10(5-3-9)20(13,17)18/h2-5,7H,6H2,1H3,(H,14,16). The van der Waals surface area contributed by atoms with Crippen LogP contribution in [0.1, 0.15) is 21.1 Å². The number of aromatic nitrogens is 1. The molecule has 0 saturated heterocycles. The molecule has 0 fully saturated rings. The Morgan fingerprint density at radius 3 is 2.50 bits per heavy atom. The van der Waals surface area contributed by atoms with Crippen molar-refractivity contribution in [3.05, 3.63) is 45.9 Å². The minimum absolute atomic E-state index is 0.0318. The second-order valence-electron chi connectivity index (χ2n) is 4.02. The van der Waals surface area contributed by atoms with Crippen LogP contribution in [0.15, 0.2) is 34.5 Å². The molecule has 8 heteroatoms. The third kappa shape index (κ3) is 3.78. The van der Waals surface area contributed by atoms with Gasteiger partial charge in [0.1, 0.15) is 5.69 Å². The summed E-state index contributed by atoms with van der Waals surface area (Å²) >= 11 is 1.41. The summed E-state index contributed by atoms with van der Waals surface area (Å²) in [6.45, 7) is 2.12. The van der Waals surface area contributed by atoms with Crippen LogP contribution in [-0.2, 0) is 15.6 Å². The van der Waals surface area contributed by atoms with E-state index >= 15 is 0 Å². The molecule has 1 aromatic carbocycles. The first-order valence-electron chi connectivity index (χ1n) is 5.60. The predicted octanol–water partition coefficient (Wildman–Crippen LogP) is 2.31. The molecule has 1 heterocycles. The van der Waals surface area contributed by atoms with Crippen LogP contribution in [0.2, 0.25) is 0 Å². The molecule has 0 atom stereocenters. The van der Waals surface area contributed by atoms with Gasteiger partial charge in [-0.2, -0.15) is 0 Å². The number of nitrogens with one attached hydrogen (secondary N) is 1. The summed E-state index contributed by atoms with van der Waals surface area (Å²) in [6, 6.07) is 6.00. The summed E-state index contributed by atoms with van der Waals surface area (Å²) in [7, 11) is 1.50. The Labute approximate surface area is 125 Å². The van der Waals surface area contributed by atoms with Crippen molar-refractivity contribution in [2.75, 3.05) is 0 Å². The molecule has 5 nitrogen and oxygen atoms in total. The zero-order valence-corrected chi connectivity index (χ0v) is 12.8. The molecule has 0 bridgehead atoms. The fourth-order valence-electron chi connectivity index (χ4n) is 1.51. The largest absolute Gasteiger partial charge is 0.347 e. The van der Waals surface area contributed by atoms with E-state index < -0.39 is 9.05 Å². The summed E-state index contributed by atoms with van der Waals surface area (Å²) in [5.74, 6) is -0.261. The number of nitrogens with zero attached hydrogens (tertiary/aromatic N) is 1. The van der Waals surface area contributed by atoms with Crippen LogP contribution >= 0.6 is 22.0 Å². The summed E-state index contributed by atoms with van der Waals surface area (Å²) in [5, 5.41) is 5.22. The average Bonchev–Trinajstić information content (AvgIpc) is 2.82. The van der Waals surface area contributed by atoms with Gasteiger partial charge >= 0.3 is 0 Å². The molecule has 0 aliphatic heterocycles. The number of hydrogen-bond donors (Lipinski definition) is 1. The molecule has 1 amide bonds. The van der Waals surface area contributed by atoms with Crippen molar-refractivity contribution < 1.29 is 13.2 Å². The van der Waals surface area contributed by atoms with Crippen LogP contribution in [0.3, 0.4) is 0 Å². The Bertz CT molecular complexity index is 723. The van der Waals surface area contributed by atoms with E-state index in [4.69, 9.17) is 10.7 Å². The highest BCUT2D eigenvalue weighted by Gasteiger charge is 2.11. The Morgan fingerprint density at radius 2 is 2.00 bits per heavy atom. The van der Waals surface area contributed by atoms with E-state index in [9.17, 15) is 13.2 Å². The van der Waals surface area contributed by atoms with Gasteiger partial charge in [-0.3, -0.25) is 4.79 Å². The summed E-state index contributed by atoms with van der Waals surface area (Å²) in [6.07, 6.45) is 0. The van der Waals surface area contributed by atoms with Gasteiger partial charge in [-0.25, -0.2) is 13.4 Å². The minimum Gasteiger partial charge on any atom is -0.347 e. The Morgan fingerprint density at radius 1 is 1.35 bits per heavy atom. The first kappa shape index (κ1) is 15.0. The molecule has 0 spiro atoms. The van der Waals surface area contributed by atoms with Crippen LogP contribution in [0.4, 0.5) is 0 Å². The molecule has 0 saturated carbocycles. The highest BCUT2D eigenvalue weighted by atomic mass is 35.7. The van der Waals surface area contributed by atoms with Crippen LogP contribution in [0, 0.1) is 6.92 Å². The fraction of sp³-hybridized carbons (Fsp3) is 0.167. The van der Waals surface area contributed by atoms with Gasteiger partial charge < -0.3 is 5.32 Å². The number of benzene rings is 1. The van der Waals surface area contributed by atoms with Crippen molar-refractivity contribution in [1.82, 2.24) is 10.3 Å². The highest BCUT2D eigenvalue weighted by molar-refractivity contribution is 8.13. The predicted molar refractivity (Wildman–Crippen MR) is 77.5 cm³/mol. The van der Waals surface area contributed by atoms with Crippen molar-refractivity contribution in [3.8, 4) is 0 Å². The summed E-state index contributed by atoms with van der Waals surface area (Å²) < 4.78 is 22.2. The quantitative estimate of drug-likeness (QED) is 0.873. The lowest BCUT2D eigenvalue weighted by molar-refractivity contribution is 0.0946. The lowest BCUT2D eigenvalue weighted by Gasteiger charge is -2.04. The smallest absolute Gasteiger partial charge is 0.271 e. The normalized spacial score (nSPS) is 11.3. The lowest BCUT2D eigenvalue weighted by Crippen LogP contribution is -2.23. The van der Waals surface area contributed by atoms with Gasteiger partial charge in [0.15, 0.2) is 0 Å². The van der Waals surface area contributed by atoms with Gasteiger partial charge in [-0.15, -0.1) is 11.3 Å². The third-order valence-corrected chi connectivity index (χ3v) is 4.65. The Kier molecular flexibility index (Phi) is 4.42. The molecule has 0 radical (unpaired) electrons. The van der Waals surface area contributed by atoms with Gasteiger partial charge in [-0.1, -0.05) is 12.1 Å². The maximum atomic E-state index is 11.8. The lowest BCUT2D eigenvalue weighted by atomic mass is 10.2. The van der Waals surface area contributed by atoms with Gasteiger partial charge in [0.25, 0.3) is 15.0 Å². The van der Waals surface area contributed by atoms with Crippen molar-refractivity contribution in [1.29, 1.82) is 0 Å². The number of carbonyl (C=O) groups is 1. The zero-order valence-electron chi connectivity index (χ0n) is 10.5. The number of rotatable bonds is 4. The van der Waals surface area contributed by atoms with Crippen LogP contribution in [-0.4, -0.2) is 19.3 Å². The Balaban J connectivity index is 1.99. The third-order valence-electron chi connectivity index (χ3n) is 2.51. The number of thiazole rings is 1. The Hall–Kier alpha value is -1.44. The van der Waals surface area contributed by atoms with E-state index in [1.54, 1.807) is 17.5 Å². The maximum Gasteiger partial charge on any atom is 0.271 e. The van der Waals surface area contributed by atoms with Crippen molar-refractivity contribution in [2.45, 2.75) is 18.4 Å². The molecule has 106 valence electrons. The topological polar surface area (TPSA) is 76.1 Å². The fourth-order valence-corrected chi connectivity index (χ4v) is 2.87. The van der Waals surface area contributed by atoms with Crippen LogP contribution in [0.25, 0.3) is 0 Å². The van der Waals surface area contributed by atoms with Crippen LogP contribution < -0.4 is 5.32 Å². The highest BCUT2D eigenvalue weighted by Crippen LogP contribution is 2.15. The summed E-state index contributed by atoms with van der Waals surface area (Å²) in [5.41, 5.74) is 1.15. The van der Waals surface area contributed by atoms with Crippen molar-refractivity contribution >= 4 is 37.0 Å². The first-order chi connectivity index (χ1) is 9.36. The van der Waals surface area contributed by atoms with Crippen molar-refractivity contribution in [3.63, 3.8) is 0 Å². The van der Waals surface area contributed by atoms with E-state index in [-0.39, 0.29) is 17.3 Å². The van der Waals surface area contributed by atoms with E-state index in [1.807, 2.05) is 6.92 Å². The molecule has 2 rings (SSSR count).